The number of imide groups is 1. The second-order valence-corrected chi connectivity index (χ2v) is 9.23. The number of hydrogen-bond donors (Lipinski definition) is 0. The number of anilines is 1. The number of benzene rings is 3. The molecule has 0 aliphatic carbocycles. The Labute approximate surface area is 191 Å². The van der Waals surface area contributed by atoms with E-state index in [4.69, 9.17) is 4.42 Å². The van der Waals surface area contributed by atoms with Crippen LogP contribution >= 0.6 is 23.1 Å². The molecule has 1 aliphatic heterocycles. The van der Waals surface area contributed by atoms with Gasteiger partial charge in [0.15, 0.2) is 10.8 Å². The van der Waals surface area contributed by atoms with Gasteiger partial charge >= 0.3 is 0 Å². The van der Waals surface area contributed by atoms with Gasteiger partial charge in [-0.2, -0.15) is 0 Å². The SMILES string of the molecule is O=C1S/C(=C\c2ccc(-c3nc4ccccc4s3)o2)C(=O)N1c1cccc2ccccc12. The number of thioether (sulfide) groups is 1. The quantitative estimate of drug-likeness (QED) is 0.276. The lowest BCUT2D eigenvalue weighted by Crippen LogP contribution is -2.27. The van der Waals surface area contributed by atoms with Crippen molar-refractivity contribution in [2.45, 2.75) is 0 Å². The second-order valence-electron chi connectivity index (χ2n) is 7.20. The Morgan fingerprint density at radius 1 is 0.875 bits per heavy atom. The molecule has 1 saturated heterocycles. The zero-order chi connectivity index (χ0) is 21.7. The fourth-order valence-electron chi connectivity index (χ4n) is 3.73. The van der Waals surface area contributed by atoms with E-state index in [1.165, 1.54) is 4.90 Å². The standard InChI is InChI=1S/C25H14N2O3S2/c28-24-22(32-25(29)27(24)19-10-5-7-15-6-1-2-8-17(15)19)14-16-12-13-20(30-16)23-26-18-9-3-4-11-21(18)31-23/h1-14H/b22-14-. The maximum atomic E-state index is 13.1. The summed E-state index contributed by atoms with van der Waals surface area (Å²) in [4.78, 5) is 32.0. The summed E-state index contributed by atoms with van der Waals surface area (Å²) in [6.45, 7) is 0. The molecule has 0 N–H and O–H groups in total. The van der Waals surface area contributed by atoms with Crippen molar-refractivity contribution in [3.63, 3.8) is 0 Å². The first kappa shape index (κ1) is 19.0. The number of fused-ring (bicyclic) bond motifs is 2. The number of nitrogens with zero attached hydrogens (tertiary/aromatic N) is 2. The highest BCUT2D eigenvalue weighted by Crippen LogP contribution is 2.39. The molecule has 0 spiro atoms. The third kappa shape index (κ3) is 3.14. The van der Waals surface area contributed by atoms with E-state index in [0.29, 0.717) is 22.1 Å². The van der Waals surface area contributed by atoms with Crippen LogP contribution in [0.1, 0.15) is 5.76 Å². The van der Waals surface area contributed by atoms with Crippen molar-refractivity contribution >= 4 is 67.0 Å². The number of para-hydroxylation sites is 1. The molecule has 3 heterocycles. The normalized spacial score (nSPS) is 15.5. The van der Waals surface area contributed by atoms with Gasteiger partial charge in [-0.15, -0.1) is 11.3 Å². The Morgan fingerprint density at radius 3 is 2.59 bits per heavy atom. The van der Waals surface area contributed by atoms with Crippen LogP contribution in [0.5, 0.6) is 0 Å². The molecule has 6 rings (SSSR count). The van der Waals surface area contributed by atoms with Gasteiger partial charge in [0.05, 0.1) is 20.8 Å². The highest BCUT2D eigenvalue weighted by Gasteiger charge is 2.37. The average Bonchev–Trinajstić information content (AvgIpc) is 3.51. The minimum atomic E-state index is -0.353. The highest BCUT2D eigenvalue weighted by atomic mass is 32.2. The average molecular weight is 455 g/mol. The van der Waals surface area contributed by atoms with Crippen molar-refractivity contribution in [1.82, 2.24) is 4.98 Å². The van der Waals surface area contributed by atoms with Gasteiger partial charge in [-0.25, -0.2) is 9.88 Å². The van der Waals surface area contributed by atoms with E-state index < -0.39 is 0 Å². The van der Waals surface area contributed by atoms with E-state index in [1.54, 1.807) is 29.5 Å². The van der Waals surface area contributed by atoms with Crippen LogP contribution in [0.2, 0.25) is 0 Å². The van der Waals surface area contributed by atoms with Crippen molar-refractivity contribution in [2.75, 3.05) is 4.90 Å². The van der Waals surface area contributed by atoms with Gasteiger partial charge < -0.3 is 4.42 Å². The van der Waals surface area contributed by atoms with Gasteiger partial charge in [0, 0.05) is 11.5 Å². The number of carbonyl (C=O) groups is 2. The van der Waals surface area contributed by atoms with Crippen LogP contribution in [0.15, 0.2) is 88.2 Å². The summed E-state index contributed by atoms with van der Waals surface area (Å²) in [6.07, 6.45) is 1.62. The van der Waals surface area contributed by atoms with Gasteiger partial charge in [0.1, 0.15) is 5.76 Å². The summed E-state index contributed by atoms with van der Waals surface area (Å²) in [6, 6.07) is 24.8. The first-order valence-corrected chi connectivity index (χ1v) is 11.5. The Hall–Kier alpha value is -3.68. The van der Waals surface area contributed by atoms with Gasteiger partial charge in [-0.3, -0.25) is 9.59 Å². The maximum absolute atomic E-state index is 13.1. The van der Waals surface area contributed by atoms with Crippen LogP contribution in [0.3, 0.4) is 0 Å². The molecule has 0 bridgehead atoms. The number of rotatable bonds is 3. The number of hydrogen-bond acceptors (Lipinski definition) is 6. The first-order chi connectivity index (χ1) is 15.7. The minimum Gasteiger partial charge on any atom is -0.454 e. The molecule has 0 radical (unpaired) electrons. The molecule has 1 fully saturated rings. The summed E-state index contributed by atoms with van der Waals surface area (Å²) in [5, 5.41) is 2.28. The molecule has 7 heteroatoms. The fourth-order valence-corrected chi connectivity index (χ4v) is 5.47. The summed E-state index contributed by atoms with van der Waals surface area (Å²) in [7, 11) is 0. The maximum Gasteiger partial charge on any atom is 0.298 e. The summed E-state index contributed by atoms with van der Waals surface area (Å²) in [5.74, 6) is 0.780. The Bertz CT molecular complexity index is 1530. The van der Waals surface area contributed by atoms with E-state index >= 15 is 0 Å². The monoisotopic (exact) mass is 454 g/mol. The zero-order valence-corrected chi connectivity index (χ0v) is 18.2. The molecular weight excluding hydrogens is 440 g/mol. The van der Waals surface area contributed by atoms with Crippen LogP contribution in [-0.2, 0) is 4.79 Å². The Balaban J connectivity index is 1.33. The van der Waals surface area contributed by atoms with Crippen LogP contribution in [0.4, 0.5) is 10.5 Å². The molecule has 3 aromatic carbocycles. The number of furan rings is 1. The van der Waals surface area contributed by atoms with Gasteiger partial charge in [-0.05, 0) is 47.5 Å². The van der Waals surface area contributed by atoms with E-state index in [9.17, 15) is 9.59 Å². The van der Waals surface area contributed by atoms with Gasteiger partial charge in [0.2, 0.25) is 0 Å². The molecule has 5 nitrogen and oxygen atoms in total. The van der Waals surface area contributed by atoms with Crippen molar-refractivity contribution in [3.05, 3.63) is 89.5 Å². The van der Waals surface area contributed by atoms with Crippen LogP contribution in [0, 0.1) is 0 Å². The van der Waals surface area contributed by atoms with Gasteiger partial charge in [-0.1, -0.05) is 48.5 Å². The van der Waals surface area contributed by atoms with Crippen molar-refractivity contribution in [3.8, 4) is 10.8 Å². The Morgan fingerprint density at radius 2 is 1.69 bits per heavy atom. The molecular formula is C25H14N2O3S2. The lowest BCUT2D eigenvalue weighted by atomic mass is 10.1. The molecule has 0 unspecified atom stereocenters. The Kier molecular flexibility index (Phi) is 4.45. The number of aromatic nitrogens is 1. The first-order valence-electron chi connectivity index (χ1n) is 9.89. The minimum absolute atomic E-state index is 0.324. The van der Waals surface area contributed by atoms with Crippen molar-refractivity contribution in [1.29, 1.82) is 0 Å². The molecule has 2 aromatic heterocycles. The van der Waals surface area contributed by atoms with Gasteiger partial charge in [0.25, 0.3) is 11.1 Å². The largest absolute Gasteiger partial charge is 0.454 e. The van der Waals surface area contributed by atoms with Crippen LogP contribution in [0.25, 0.3) is 37.8 Å². The second kappa shape index (κ2) is 7.47. The van der Waals surface area contributed by atoms with Crippen LogP contribution < -0.4 is 4.90 Å². The van der Waals surface area contributed by atoms with E-state index in [2.05, 4.69) is 4.98 Å². The third-order valence-corrected chi connectivity index (χ3v) is 7.13. The summed E-state index contributed by atoms with van der Waals surface area (Å²) >= 11 is 2.46. The van der Waals surface area contributed by atoms with Crippen molar-refractivity contribution in [2.24, 2.45) is 0 Å². The molecule has 32 heavy (non-hydrogen) atoms. The third-order valence-electron chi connectivity index (χ3n) is 5.21. The summed E-state index contributed by atoms with van der Waals surface area (Å²) < 4.78 is 7.01. The molecule has 0 atom stereocenters. The smallest absolute Gasteiger partial charge is 0.298 e. The fraction of sp³-hybridized carbons (Fsp3) is 0. The molecule has 154 valence electrons. The van der Waals surface area contributed by atoms with E-state index in [-0.39, 0.29) is 11.1 Å². The van der Waals surface area contributed by atoms with Crippen molar-refractivity contribution < 1.29 is 14.0 Å². The number of carbonyl (C=O) groups excluding carboxylic acids is 2. The molecule has 5 aromatic rings. The summed E-state index contributed by atoms with van der Waals surface area (Å²) in [5.41, 5.74) is 1.50. The number of amides is 2. The topological polar surface area (TPSA) is 63.4 Å². The lowest BCUT2D eigenvalue weighted by Gasteiger charge is -2.15. The number of thiazole rings is 1. The predicted octanol–water partition coefficient (Wildman–Crippen LogP) is 6.95. The predicted molar refractivity (Wildman–Crippen MR) is 130 cm³/mol. The zero-order valence-electron chi connectivity index (χ0n) is 16.5. The molecule has 2 amide bonds. The van der Waals surface area contributed by atoms with Crippen LogP contribution in [-0.4, -0.2) is 16.1 Å². The highest BCUT2D eigenvalue weighted by molar-refractivity contribution is 8.19. The lowest BCUT2D eigenvalue weighted by molar-refractivity contribution is -0.113. The molecule has 0 saturated carbocycles. The van der Waals surface area contributed by atoms with E-state index in [1.807, 2.05) is 66.7 Å². The van der Waals surface area contributed by atoms with E-state index in [0.717, 1.165) is 37.8 Å². The molecule has 1 aliphatic rings.